The molecule has 8 nitrogen and oxygen atoms in total. The van der Waals surface area contributed by atoms with Gasteiger partial charge in [-0.25, -0.2) is 4.98 Å². The molecule has 0 bridgehead atoms. The van der Waals surface area contributed by atoms with E-state index < -0.39 is 16.2 Å². The number of nitro groups is 1. The highest BCUT2D eigenvalue weighted by atomic mass is 16.6. The summed E-state index contributed by atoms with van der Waals surface area (Å²) in [6.07, 6.45) is 2.31. The molecule has 0 spiro atoms. The number of anilines is 1. The zero-order valence-electron chi connectivity index (χ0n) is 14.8. The van der Waals surface area contributed by atoms with Crippen molar-refractivity contribution in [2.75, 3.05) is 18.6 Å². The molecule has 0 amide bonds. The van der Waals surface area contributed by atoms with Crippen LogP contribution in [0.2, 0.25) is 0 Å². The van der Waals surface area contributed by atoms with E-state index >= 15 is 0 Å². The highest BCUT2D eigenvalue weighted by molar-refractivity contribution is 5.62. The van der Waals surface area contributed by atoms with Crippen LogP contribution in [0, 0.1) is 15.5 Å². The lowest BCUT2D eigenvalue weighted by molar-refractivity contribution is -0.385. The molecule has 25 heavy (non-hydrogen) atoms. The van der Waals surface area contributed by atoms with E-state index in [1.807, 2.05) is 6.92 Å². The Morgan fingerprint density at radius 3 is 2.80 bits per heavy atom. The molecule has 2 heterocycles. The minimum Gasteiger partial charge on any atom is -0.378 e. The van der Waals surface area contributed by atoms with Gasteiger partial charge in [0.1, 0.15) is 5.65 Å². The van der Waals surface area contributed by atoms with Gasteiger partial charge in [-0.3, -0.25) is 19.3 Å². The van der Waals surface area contributed by atoms with Gasteiger partial charge in [0.2, 0.25) is 5.82 Å². The minimum atomic E-state index is -0.670. The summed E-state index contributed by atoms with van der Waals surface area (Å²) in [6.45, 7) is 6.71. The summed E-state index contributed by atoms with van der Waals surface area (Å²) in [6, 6.07) is 5.05. The van der Waals surface area contributed by atoms with E-state index in [0.717, 1.165) is 6.42 Å². The molecular weight excluding hydrogens is 324 g/mol. The Balaban J connectivity index is 2.08. The zero-order chi connectivity index (χ0) is 18.4. The molecule has 3 rings (SSSR count). The van der Waals surface area contributed by atoms with Gasteiger partial charge in [0, 0.05) is 31.3 Å². The van der Waals surface area contributed by atoms with Gasteiger partial charge < -0.3 is 9.64 Å². The summed E-state index contributed by atoms with van der Waals surface area (Å²) in [4.78, 5) is 29.6. The van der Waals surface area contributed by atoms with Crippen LogP contribution < -0.4 is 10.5 Å². The Bertz CT molecular complexity index is 877. The second-order valence-electron chi connectivity index (χ2n) is 6.90. The first-order valence-electron chi connectivity index (χ1n) is 8.29. The van der Waals surface area contributed by atoms with Gasteiger partial charge in [0.15, 0.2) is 0 Å². The first kappa shape index (κ1) is 17.3. The topological polar surface area (TPSA) is 90.0 Å². The first-order valence-corrected chi connectivity index (χ1v) is 8.29. The van der Waals surface area contributed by atoms with Crippen LogP contribution in [-0.4, -0.2) is 40.1 Å². The molecule has 8 heteroatoms. The van der Waals surface area contributed by atoms with Crippen molar-refractivity contribution in [3.63, 3.8) is 0 Å². The number of nitrogens with zero attached hydrogens (tertiary/aromatic N) is 4. The van der Waals surface area contributed by atoms with Crippen LogP contribution in [0.1, 0.15) is 27.2 Å². The lowest BCUT2D eigenvalue weighted by Crippen LogP contribution is -2.61. The molecule has 2 aromatic heterocycles. The minimum absolute atomic E-state index is 0.000752. The van der Waals surface area contributed by atoms with Crippen molar-refractivity contribution in [2.24, 2.45) is 5.41 Å². The van der Waals surface area contributed by atoms with E-state index in [-0.39, 0.29) is 23.4 Å². The van der Waals surface area contributed by atoms with E-state index in [1.165, 1.54) is 10.6 Å². The highest BCUT2D eigenvalue weighted by Crippen LogP contribution is 2.47. The van der Waals surface area contributed by atoms with Gasteiger partial charge in [0.05, 0.1) is 11.0 Å². The van der Waals surface area contributed by atoms with Crippen LogP contribution in [0.3, 0.4) is 0 Å². The smallest absolute Gasteiger partial charge is 0.376 e. The fraction of sp³-hybridized carbons (Fsp3) is 0.529. The highest BCUT2D eigenvalue weighted by Gasteiger charge is 2.52. The largest absolute Gasteiger partial charge is 0.378 e. The van der Waals surface area contributed by atoms with Crippen molar-refractivity contribution in [2.45, 2.75) is 39.3 Å². The van der Waals surface area contributed by atoms with Crippen LogP contribution in [0.25, 0.3) is 5.65 Å². The van der Waals surface area contributed by atoms with Crippen LogP contribution >= 0.6 is 0 Å². The second kappa shape index (κ2) is 6.11. The van der Waals surface area contributed by atoms with E-state index in [9.17, 15) is 14.9 Å². The van der Waals surface area contributed by atoms with E-state index in [1.54, 1.807) is 30.1 Å². The Hall–Kier alpha value is -2.48. The normalized spacial score (nSPS) is 21.8. The van der Waals surface area contributed by atoms with Crippen LogP contribution in [0.5, 0.6) is 0 Å². The molecule has 2 atom stereocenters. The fourth-order valence-corrected chi connectivity index (χ4v) is 3.63. The third-order valence-corrected chi connectivity index (χ3v) is 5.17. The number of aromatic nitrogens is 2. The number of fused-ring (bicyclic) bond motifs is 1. The first-order chi connectivity index (χ1) is 11.8. The monoisotopic (exact) mass is 346 g/mol. The molecule has 134 valence electrons. The average Bonchev–Trinajstić information content (AvgIpc) is 2.57. The van der Waals surface area contributed by atoms with Crippen LogP contribution in [0.4, 0.5) is 11.5 Å². The Kier molecular flexibility index (Phi) is 4.24. The number of rotatable bonds is 5. The molecule has 2 aromatic rings. The van der Waals surface area contributed by atoms with Gasteiger partial charge in [-0.05, 0) is 25.5 Å². The summed E-state index contributed by atoms with van der Waals surface area (Å²) < 4.78 is 6.93. The molecule has 1 saturated carbocycles. The SMILES string of the molecule is CCO[C@H]1C[C@@H](N(C)c2nc3ccccn3c(=O)c2[N+](=O)[O-])C1(C)C. The van der Waals surface area contributed by atoms with E-state index in [0.29, 0.717) is 12.3 Å². The summed E-state index contributed by atoms with van der Waals surface area (Å²) in [7, 11) is 1.75. The van der Waals surface area contributed by atoms with Crippen molar-refractivity contribution in [1.29, 1.82) is 0 Å². The van der Waals surface area contributed by atoms with Gasteiger partial charge in [0.25, 0.3) is 0 Å². The summed E-state index contributed by atoms with van der Waals surface area (Å²) >= 11 is 0. The average molecular weight is 346 g/mol. The van der Waals surface area contributed by atoms with Crippen molar-refractivity contribution in [3.8, 4) is 0 Å². The summed E-state index contributed by atoms with van der Waals surface area (Å²) in [5.41, 5.74) is -0.974. The Labute approximate surface area is 145 Å². The maximum atomic E-state index is 12.6. The van der Waals surface area contributed by atoms with E-state index in [2.05, 4.69) is 18.8 Å². The molecular formula is C17H22N4O4. The molecule has 1 aliphatic rings. The lowest BCUT2D eigenvalue weighted by atomic mass is 9.64. The predicted molar refractivity (Wildman–Crippen MR) is 94.1 cm³/mol. The van der Waals surface area contributed by atoms with E-state index in [4.69, 9.17) is 4.74 Å². The van der Waals surface area contributed by atoms with Crippen molar-refractivity contribution >= 4 is 17.2 Å². The van der Waals surface area contributed by atoms with Crippen LogP contribution in [-0.2, 0) is 4.74 Å². The predicted octanol–water partition coefficient (Wildman–Crippen LogP) is 2.24. The maximum absolute atomic E-state index is 12.6. The van der Waals surface area contributed by atoms with Crippen molar-refractivity contribution in [1.82, 2.24) is 9.38 Å². The fourth-order valence-electron chi connectivity index (χ4n) is 3.63. The molecule has 0 N–H and O–H groups in total. The number of pyridine rings is 1. The molecule has 0 aliphatic heterocycles. The summed E-state index contributed by atoms with van der Waals surface area (Å²) in [5.74, 6) is 0.106. The molecule has 1 aliphatic carbocycles. The standard InChI is InChI=1S/C17H22N4O4/c1-5-25-12-10-11(17(12,2)3)19(4)15-14(21(23)24)16(22)20-9-7-6-8-13(20)18-15/h6-9,11-12H,5,10H2,1-4H3/t11-,12+/m1/s1. The van der Waals surface area contributed by atoms with Crippen molar-refractivity contribution in [3.05, 3.63) is 44.9 Å². The summed E-state index contributed by atoms with van der Waals surface area (Å²) in [5, 5.41) is 11.5. The van der Waals surface area contributed by atoms with Gasteiger partial charge in [-0.15, -0.1) is 0 Å². The zero-order valence-corrected chi connectivity index (χ0v) is 14.8. The molecule has 1 fully saturated rings. The van der Waals surface area contributed by atoms with Gasteiger partial charge in [-0.1, -0.05) is 19.9 Å². The van der Waals surface area contributed by atoms with Gasteiger partial charge in [-0.2, -0.15) is 0 Å². The molecule has 0 radical (unpaired) electrons. The third-order valence-electron chi connectivity index (χ3n) is 5.17. The lowest BCUT2D eigenvalue weighted by Gasteiger charge is -2.54. The number of hydrogen-bond donors (Lipinski definition) is 0. The number of ether oxygens (including phenoxy) is 1. The molecule has 0 unspecified atom stereocenters. The number of hydrogen-bond acceptors (Lipinski definition) is 6. The maximum Gasteiger partial charge on any atom is 0.376 e. The van der Waals surface area contributed by atoms with Crippen LogP contribution in [0.15, 0.2) is 29.2 Å². The third kappa shape index (κ3) is 2.66. The Morgan fingerprint density at radius 2 is 2.20 bits per heavy atom. The quantitative estimate of drug-likeness (QED) is 0.609. The molecule has 0 saturated heterocycles. The Morgan fingerprint density at radius 1 is 1.48 bits per heavy atom. The van der Waals surface area contributed by atoms with Crippen molar-refractivity contribution < 1.29 is 9.66 Å². The molecule has 0 aromatic carbocycles. The van der Waals surface area contributed by atoms with Gasteiger partial charge >= 0.3 is 11.2 Å². The second-order valence-corrected chi connectivity index (χ2v) is 6.90.